The average Bonchev–Trinajstić information content (AvgIpc) is 2.82. The molecule has 1 N–H and O–H groups in total. The summed E-state index contributed by atoms with van der Waals surface area (Å²) in [6.45, 7) is 24.7. The van der Waals surface area contributed by atoms with Gasteiger partial charge in [-0.05, 0) is 72.4 Å². The maximum atomic E-state index is 13.5. The summed E-state index contributed by atoms with van der Waals surface area (Å²) in [6.07, 6.45) is -0.115. The summed E-state index contributed by atoms with van der Waals surface area (Å²) in [5.74, 6) is 1.34. The summed E-state index contributed by atoms with van der Waals surface area (Å²) in [5, 5.41) is 3.35. The normalized spacial score (nSPS) is 14.4. The number of hydrogen-bond acceptors (Lipinski definition) is 5. The third-order valence-electron chi connectivity index (χ3n) is 8.53. The van der Waals surface area contributed by atoms with Crippen molar-refractivity contribution >= 4 is 22.5 Å². The minimum atomic E-state index is -2.11. The fourth-order valence-electron chi connectivity index (χ4n) is 3.96. The molecule has 2 atom stereocenters. The van der Waals surface area contributed by atoms with E-state index in [1.807, 2.05) is 37.3 Å². The number of carbonyl (C=O) groups is 1. The molecule has 2 rings (SSSR count). The third kappa shape index (κ3) is 8.68. The number of nitrogens with one attached hydrogen (secondary N) is 1. The van der Waals surface area contributed by atoms with Crippen molar-refractivity contribution in [3.05, 3.63) is 59.2 Å². The summed E-state index contributed by atoms with van der Waals surface area (Å²) in [4.78, 5) is 13.5. The van der Waals surface area contributed by atoms with Crippen LogP contribution >= 0.6 is 0 Å². The number of amides is 1. The molecule has 6 nitrogen and oxygen atoms in total. The van der Waals surface area contributed by atoms with Crippen LogP contribution in [0.3, 0.4) is 0 Å². The first-order valence-corrected chi connectivity index (χ1v) is 20.0. The zero-order chi connectivity index (χ0) is 30.5. The predicted molar refractivity (Wildman–Crippen MR) is 171 cm³/mol. The van der Waals surface area contributed by atoms with E-state index in [4.69, 9.17) is 18.3 Å². The van der Waals surface area contributed by atoms with Gasteiger partial charge in [0.05, 0.1) is 19.8 Å². The van der Waals surface area contributed by atoms with Gasteiger partial charge in [-0.2, -0.15) is 0 Å². The highest BCUT2D eigenvalue weighted by Gasteiger charge is 2.40. The molecule has 0 radical (unpaired) electrons. The van der Waals surface area contributed by atoms with Gasteiger partial charge in [0.15, 0.2) is 20.2 Å². The molecule has 0 bridgehead atoms. The van der Waals surface area contributed by atoms with Crippen molar-refractivity contribution in [2.75, 3.05) is 20.8 Å². The van der Waals surface area contributed by atoms with Gasteiger partial charge in [-0.1, -0.05) is 77.9 Å². The Morgan fingerprint density at radius 1 is 0.900 bits per heavy atom. The monoisotopic (exact) mass is 587 g/mol. The largest absolute Gasteiger partial charge is 0.541 e. The van der Waals surface area contributed by atoms with Crippen molar-refractivity contribution in [1.29, 1.82) is 0 Å². The molecule has 0 spiro atoms. The van der Waals surface area contributed by atoms with Crippen LogP contribution in [0.2, 0.25) is 36.3 Å². The molecule has 0 aromatic heterocycles. The molecule has 224 valence electrons. The van der Waals surface area contributed by atoms with Gasteiger partial charge in [0.25, 0.3) is 14.2 Å². The highest BCUT2D eigenvalue weighted by Crippen LogP contribution is 2.42. The van der Waals surface area contributed by atoms with Gasteiger partial charge in [-0.25, -0.2) is 0 Å². The highest BCUT2D eigenvalue weighted by atomic mass is 28.4. The van der Waals surface area contributed by atoms with Crippen molar-refractivity contribution < 1.29 is 23.1 Å². The summed E-state index contributed by atoms with van der Waals surface area (Å²) in [6, 6.07) is 13.5. The Hall–Kier alpha value is -2.14. The minimum Gasteiger partial charge on any atom is -0.541 e. The third-order valence-corrected chi connectivity index (χ3v) is 17.4. The van der Waals surface area contributed by atoms with E-state index in [9.17, 15) is 4.79 Å². The lowest BCUT2D eigenvalue weighted by Gasteiger charge is -2.38. The summed E-state index contributed by atoms with van der Waals surface area (Å²) in [5.41, 5.74) is 2.88. The van der Waals surface area contributed by atoms with E-state index in [0.29, 0.717) is 13.0 Å². The van der Waals surface area contributed by atoms with Crippen LogP contribution in [0.15, 0.2) is 42.5 Å². The molecule has 0 saturated heterocycles. The molecule has 0 fully saturated rings. The first-order chi connectivity index (χ1) is 18.3. The number of rotatable bonds is 12. The molecule has 2 aromatic rings. The van der Waals surface area contributed by atoms with E-state index in [2.05, 4.69) is 85.2 Å². The molecule has 2 aromatic carbocycles. The van der Waals surface area contributed by atoms with E-state index in [1.54, 1.807) is 14.2 Å². The van der Waals surface area contributed by atoms with Crippen molar-refractivity contribution in [3.63, 3.8) is 0 Å². The molecule has 40 heavy (non-hydrogen) atoms. The second-order valence-corrected chi connectivity index (χ2v) is 23.3. The maximum Gasteiger partial charge on any atom is 0.254 e. The zero-order valence-corrected chi connectivity index (χ0v) is 29.2. The molecule has 0 saturated carbocycles. The molecule has 0 aliphatic carbocycles. The van der Waals surface area contributed by atoms with Crippen LogP contribution in [0.5, 0.6) is 11.5 Å². The Kier molecular flexibility index (Phi) is 11.3. The van der Waals surface area contributed by atoms with E-state index >= 15 is 0 Å². The lowest BCUT2D eigenvalue weighted by atomic mass is 10.0. The lowest BCUT2D eigenvalue weighted by Crippen LogP contribution is -2.48. The quantitative estimate of drug-likeness (QED) is 0.256. The standard InChI is InChI=1S/C32H53NO5Si2/c1-23-19-24(21-27(28(23)35-8)38-40(12,13)32(5,6)7)20-26(22-37-39(10,11)31(2,3)4)33-30(34)29(36-9)25-17-15-14-16-18-25/h14-19,21,26,29H,20,22H2,1-13H3,(H,33,34)/t26-,29-/m0/s1. The smallest absolute Gasteiger partial charge is 0.254 e. The van der Waals surface area contributed by atoms with Gasteiger partial charge in [0.2, 0.25) is 0 Å². The number of methoxy groups -OCH3 is 2. The second-order valence-electron chi connectivity index (χ2n) is 13.8. The van der Waals surface area contributed by atoms with Crippen LogP contribution in [-0.4, -0.2) is 49.4 Å². The molecule has 0 aliphatic heterocycles. The van der Waals surface area contributed by atoms with Crippen LogP contribution in [0, 0.1) is 6.92 Å². The van der Waals surface area contributed by atoms with Crippen molar-refractivity contribution in [2.45, 2.75) is 103 Å². The van der Waals surface area contributed by atoms with Gasteiger partial charge in [0, 0.05) is 7.11 Å². The fraction of sp³-hybridized carbons (Fsp3) is 0.594. The predicted octanol–water partition coefficient (Wildman–Crippen LogP) is 7.82. The number of ether oxygens (including phenoxy) is 2. The van der Waals surface area contributed by atoms with Crippen LogP contribution in [0.4, 0.5) is 0 Å². The zero-order valence-electron chi connectivity index (χ0n) is 27.2. The second kappa shape index (κ2) is 13.2. The number of aryl methyl sites for hydroxylation is 1. The first-order valence-electron chi connectivity index (χ1n) is 14.2. The molecular formula is C32H53NO5Si2. The van der Waals surface area contributed by atoms with E-state index in [1.165, 1.54) is 0 Å². The Morgan fingerprint density at radius 2 is 1.48 bits per heavy atom. The van der Waals surface area contributed by atoms with Crippen molar-refractivity contribution in [3.8, 4) is 11.5 Å². The minimum absolute atomic E-state index is 0.0437. The molecule has 0 unspecified atom stereocenters. The summed E-state index contributed by atoms with van der Waals surface area (Å²) >= 11 is 0. The number of hydrogen-bond donors (Lipinski definition) is 1. The molecule has 8 heteroatoms. The fourth-order valence-corrected chi connectivity index (χ4v) is 6.02. The number of benzene rings is 2. The van der Waals surface area contributed by atoms with Gasteiger partial charge in [-0.3, -0.25) is 4.79 Å². The number of carbonyl (C=O) groups excluding carboxylic acids is 1. The van der Waals surface area contributed by atoms with Gasteiger partial charge in [0.1, 0.15) is 5.75 Å². The molecular weight excluding hydrogens is 535 g/mol. The summed E-state index contributed by atoms with van der Waals surface area (Å²) in [7, 11) is -0.905. The van der Waals surface area contributed by atoms with Crippen LogP contribution in [-0.2, 0) is 20.4 Å². The Bertz CT molecular complexity index is 1120. The van der Waals surface area contributed by atoms with Crippen molar-refractivity contribution in [1.82, 2.24) is 5.32 Å². The van der Waals surface area contributed by atoms with Gasteiger partial charge < -0.3 is 23.6 Å². The van der Waals surface area contributed by atoms with Crippen LogP contribution in [0.1, 0.15) is 64.3 Å². The lowest BCUT2D eigenvalue weighted by molar-refractivity contribution is -0.132. The summed E-state index contributed by atoms with van der Waals surface area (Å²) < 4.78 is 24.7. The molecule has 1 amide bonds. The maximum absolute atomic E-state index is 13.5. The average molecular weight is 588 g/mol. The van der Waals surface area contributed by atoms with E-state index in [0.717, 1.165) is 28.2 Å². The highest BCUT2D eigenvalue weighted by molar-refractivity contribution is 6.75. The first kappa shape index (κ1) is 34.1. The Labute approximate surface area is 245 Å². The van der Waals surface area contributed by atoms with E-state index in [-0.39, 0.29) is 22.0 Å². The van der Waals surface area contributed by atoms with Crippen LogP contribution < -0.4 is 14.5 Å². The van der Waals surface area contributed by atoms with E-state index < -0.39 is 22.7 Å². The van der Waals surface area contributed by atoms with Crippen LogP contribution in [0.25, 0.3) is 0 Å². The molecule has 0 aliphatic rings. The SMILES string of the molecule is COc1c(C)cc(C[C@@H](CO[Si](C)(C)C(C)(C)C)NC(=O)[C@@H](OC)c2ccccc2)cc1O[Si](C)(C)C(C)(C)C. The van der Waals surface area contributed by atoms with Gasteiger partial charge in [-0.15, -0.1) is 0 Å². The molecule has 0 heterocycles. The Morgan fingerprint density at radius 3 is 1.98 bits per heavy atom. The van der Waals surface area contributed by atoms with Gasteiger partial charge >= 0.3 is 0 Å². The Balaban J connectivity index is 2.43. The van der Waals surface area contributed by atoms with Crippen molar-refractivity contribution in [2.24, 2.45) is 0 Å². The topological polar surface area (TPSA) is 66.0 Å².